The molecular formula is C10H18N2O4S. The fourth-order valence-corrected chi connectivity index (χ4v) is 2.99. The van der Waals surface area contributed by atoms with Crippen molar-refractivity contribution in [3.05, 3.63) is 0 Å². The number of carbonyl (C=O) groups is 1. The van der Waals surface area contributed by atoms with Gasteiger partial charge in [-0.15, -0.1) is 0 Å². The Bertz CT molecular complexity index is 373. The molecule has 0 unspecified atom stereocenters. The molecule has 2 N–H and O–H groups in total. The van der Waals surface area contributed by atoms with Crippen molar-refractivity contribution in [3.63, 3.8) is 0 Å². The monoisotopic (exact) mass is 262 g/mol. The first-order chi connectivity index (χ1) is 7.94. The highest BCUT2D eigenvalue weighted by Crippen LogP contribution is 2.33. The molecule has 0 radical (unpaired) electrons. The highest BCUT2D eigenvalue weighted by atomic mass is 32.2. The third-order valence-electron chi connectivity index (χ3n) is 3.62. The molecule has 98 valence electrons. The Balaban J connectivity index is 1.91. The van der Waals surface area contributed by atoms with Crippen LogP contribution < -0.4 is 5.14 Å². The second kappa shape index (κ2) is 4.91. The molecule has 0 aromatic rings. The van der Waals surface area contributed by atoms with E-state index in [0.717, 1.165) is 13.1 Å². The standard InChI is InChI=1S/C10H18N2O4S/c11-17(14,15)16-7-10(13)12-5-8-1-2-9(6-12)4-3-8/h8-9H,1-7H2,(H2,11,14,15). The lowest BCUT2D eigenvalue weighted by molar-refractivity contribution is -0.133. The molecule has 2 heterocycles. The molecule has 0 aromatic carbocycles. The van der Waals surface area contributed by atoms with Crippen LogP contribution in [0.3, 0.4) is 0 Å². The molecule has 0 atom stereocenters. The van der Waals surface area contributed by atoms with E-state index in [4.69, 9.17) is 5.14 Å². The lowest BCUT2D eigenvalue weighted by Gasteiger charge is -2.22. The van der Waals surface area contributed by atoms with Crippen molar-refractivity contribution < 1.29 is 17.4 Å². The van der Waals surface area contributed by atoms with Gasteiger partial charge in [-0.25, -0.2) is 9.32 Å². The smallest absolute Gasteiger partial charge is 0.333 e. The zero-order valence-electron chi connectivity index (χ0n) is 9.67. The second-order valence-corrected chi connectivity index (χ2v) is 6.16. The summed E-state index contributed by atoms with van der Waals surface area (Å²) in [7, 11) is -4.03. The Labute approximate surface area is 101 Å². The van der Waals surface area contributed by atoms with E-state index in [-0.39, 0.29) is 5.91 Å². The van der Waals surface area contributed by atoms with Crippen LogP contribution in [0.15, 0.2) is 0 Å². The predicted octanol–water partition coefficient (Wildman–Crippen LogP) is -0.145. The largest absolute Gasteiger partial charge is 0.340 e. The van der Waals surface area contributed by atoms with Crippen molar-refractivity contribution in [2.24, 2.45) is 17.0 Å². The van der Waals surface area contributed by atoms with E-state index in [9.17, 15) is 13.2 Å². The quantitative estimate of drug-likeness (QED) is 0.766. The summed E-state index contributed by atoms with van der Waals surface area (Å²) in [6.07, 6.45) is 4.68. The van der Waals surface area contributed by atoms with Gasteiger partial charge in [0.2, 0.25) is 5.91 Å². The minimum Gasteiger partial charge on any atom is -0.340 e. The fourth-order valence-electron chi connectivity index (χ4n) is 2.72. The van der Waals surface area contributed by atoms with Gasteiger partial charge in [0.05, 0.1) is 0 Å². The van der Waals surface area contributed by atoms with Crippen molar-refractivity contribution >= 4 is 16.2 Å². The minimum atomic E-state index is -4.03. The van der Waals surface area contributed by atoms with E-state index in [2.05, 4.69) is 4.18 Å². The van der Waals surface area contributed by atoms with Gasteiger partial charge in [0.25, 0.3) is 0 Å². The van der Waals surface area contributed by atoms with Gasteiger partial charge >= 0.3 is 10.3 Å². The first-order valence-corrected chi connectivity index (χ1v) is 7.36. The Hall–Kier alpha value is -0.660. The third-order valence-corrected chi connectivity index (χ3v) is 4.07. The molecule has 0 aromatic heterocycles. The molecule has 2 aliphatic heterocycles. The van der Waals surface area contributed by atoms with Crippen LogP contribution in [0.1, 0.15) is 25.7 Å². The highest BCUT2D eigenvalue weighted by molar-refractivity contribution is 7.84. The average molecular weight is 262 g/mol. The molecule has 3 fully saturated rings. The number of fused-ring (bicyclic) bond motifs is 4. The van der Waals surface area contributed by atoms with Gasteiger partial charge in [-0.05, 0) is 37.5 Å². The maximum Gasteiger partial charge on any atom is 0.333 e. The van der Waals surface area contributed by atoms with Gasteiger partial charge < -0.3 is 4.90 Å². The summed E-state index contributed by atoms with van der Waals surface area (Å²) in [6, 6.07) is 0. The van der Waals surface area contributed by atoms with Crippen molar-refractivity contribution in [2.45, 2.75) is 25.7 Å². The number of rotatable bonds is 3. The highest BCUT2D eigenvalue weighted by Gasteiger charge is 2.31. The van der Waals surface area contributed by atoms with Gasteiger partial charge in [0.1, 0.15) is 6.61 Å². The molecular weight excluding hydrogens is 244 g/mol. The van der Waals surface area contributed by atoms with Crippen LogP contribution in [-0.4, -0.2) is 38.9 Å². The summed E-state index contributed by atoms with van der Waals surface area (Å²) >= 11 is 0. The van der Waals surface area contributed by atoms with E-state index in [0.29, 0.717) is 11.8 Å². The van der Waals surface area contributed by atoms with Crippen molar-refractivity contribution in [3.8, 4) is 0 Å². The lowest BCUT2D eigenvalue weighted by Crippen LogP contribution is -2.38. The molecule has 1 amide bonds. The second-order valence-electron chi connectivity index (χ2n) is 4.94. The van der Waals surface area contributed by atoms with Crippen LogP contribution in [0.2, 0.25) is 0 Å². The summed E-state index contributed by atoms with van der Waals surface area (Å²) in [5.74, 6) is 0.845. The first kappa shape index (κ1) is 12.8. The molecule has 3 aliphatic rings. The lowest BCUT2D eigenvalue weighted by atomic mass is 9.84. The molecule has 2 saturated heterocycles. The van der Waals surface area contributed by atoms with Crippen molar-refractivity contribution in [2.75, 3.05) is 19.7 Å². The van der Waals surface area contributed by atoms with E-state index < -0.39 is 16.9 Å². The summed E-state index contributed by atoms with van der Waals surface area (Å²) < 4.78 is 25.6. The van der Waals surface area contributed by atoms with Crippen LogP contribution >= 0.6 is 0 Å². The minimum absolute atomic E-state index is 0.280. The van der Waals surface area contributed by atoms with Crippen LogP contribution in [0.25, 0.3) is 0 Å². The molecule has 3 rings (SSSR count). The first-order valence-electron chi connectivity index (χ1n) is 5.89. The zero-order chi connectivity index (χ0) is 12.5. The normalized spacial score (nSPS) is 29.1. The van der Waals surface area contributed by atoms with Gasteiger partial charge in [-0.1, -0.05) is 0 Å². The van der Waals surface area contributed by atoms with E-state index in [1.54, 1.807) is 4.90 Å². The predicted molar refractivity (Wildman–Crippen MR) is 61.1 cm³/mol. The number of nitrogens with two attached hydrogens (primary N) is 1. The Kier molecular flexibility index (Phi) is 3.70. The van der Waals surface area contributed by atoms with E-state index >= 15 is 0 Å². The van der Waals surface area contributed by atoms with E-state index in [1.165, 1.54) is 25.7 Å². The Morgan fingerprint density at radius 2 is 1.65 bits per heavy atom. The number of amides is 1. The molecule has 1 saturated carbocycles. The maximum atomic E-state index is 11.8. The molecule has 0 spiro atoms. The third kappa shape index (κ3) is 3.65. The zero-order valence-corrected chi connectivity index (χ0v) is 10.5. The van der Waals surface area contributed by atoms with E-state index in [1.807, 2.05) is 0 Å². The summed E-state index contributed by atoms with van der Waals surface area (Å²) in [4.78, 5) is 13.5. The molecule has 6 nitrogen and oxygen atoms in total. The van der Waals surface area contributed by atoms with Crippen molar-refractivity contribution in [1.29, 1.82) is 0 Å². The Morgan fingerprint density at radius 1 is 1.18 bits per heavy atom. The average Bonchev–Trinajstić information content (AvgIpc) is 2.57. The van der Waals surface area contributed by atoms with Crippen LogP contribution in [0.4, 0.5) is 0 Å². The van der Waals surface area contributed by atoms with Crippen LogP contribution in [0.5, 0.6) is 0 Å². The number of nitrogens with zero attached hydrogens (tertiary/aromatic N) is 1. The molecule has 17 heavy (non-hydrogen) atoms. The molecule has 1 aliphatic carbocycles. The summed E-state index contributed by atoms with van der Waals surface area (Å²) in [5.41, 5.74) is 0. The van der Waals surface area contributed by atoms with Crippen LogP contribution in [0, 0.1) is 11.8 Å². The molecule has 2 bridgehead atoms. The SMILES string of the molecule is NS(=O)(=O)OCC(=O)N1CC2CCC(CC2)C1. The molecule has 7 heteroatoms. The van der Waals surface area contributed by atoms with Gasteiger partial charge in [0, 0.05) is 13.1 Å². The summed E-state index contributed by atoms with van der Waals surface area (Å²) in [6.45, 7) is 0.977. The number of hydrogen-bond acceptors (Lipinski definition) is 4. The van der Waals surface area contributed by atoms with Gasteiger partial charge in [-0.2, -0.15) is 8.42 Å². The Morgan fingerprint density at radius 3 is 2.06 bits per heavy atom. The number of hydrogen-bond donors (Lipinski definition) is 1. The van der Waals surface area contributed by atoms with Gasteiger partial charge in [-0.3, -0.25) is 4.79 Å². The van der Waals surface area contributed by atoms with Crippen molar-refractivity contribution in [1.82, 2.24) is 4.90 Å². The maximum absolute atomic E-state index is 11.8. The van der Waals surface area contributed by atoms with Gasteiger partial charge in [0.15, 0.2) is 0 Å². The topological polar surface area (TPSA) is 89.7 Å². The van der Waals surface area contributed by atoms with Crippen LogP contribution in [-0.2, 0) is 19.3 Å². The fraction of sp³-hybridized carbons (Fsp3) is 0.900. The number of carbonyl (C=O) groups excluding carboxylic acids is 1. The summed E-state index contributed by atoms with van der Waals surface area (Å²) in [5, 5.41) is 4.69.